The van der Waals surface area contributed by atoms with Crippen molar-refractivity contribution in [2.75, 3.05) is 5.32 Å². The Kier molecular flexibility index (Phi) is 3.42. The maximum Gasteiger partial charge on any atom is 0.0519 e. The monoisotopic (exact) mass is 291 g/mol. The summed E-state index contributed by atoms with van der Waals surface area (Å²) in [6, 6.07) is 12.5. The third-order valence-electron chi connectivity index (χ3n) is 3.71. The lowest BCUT2D eigenvalue weighted by Gasteiger charge is -2.17. The number of anilines is 1. The molecule has 0 saturated heterocycles. The molecule has 1 nitrogen and oxygen atoms in total. The molecule has 98 valence electrons. The molecule has 1 aliphatic carbocycles. The first kappa shape index (κ1) is 12.8. The van der Waals surface area contributed by atoms with Gasteiger partial charge in [0.15, 0.2) is 0 Å². The average Bonchev–Trinajstić information content (AvgIpc) is 2.76. The van der Waals surface area contributed by atoms with Crippen LogP contribution in [0.3, 0.4) is 0 Å². The van der Waals surface area contributed by atoms with Crippen LogP contribution in [0.15, 0.2) is 36.4 Å². The molecule has 3 heteroatoms. The lowest BCUT2D eigenvalue weighted by molar-refractivity contribution is 0.761. The first-order valence-electron chi connectivity index (χ1n) is 6.44. The Labute approximate surface area is 123 Å². The van der Waals surface area contributed by atoms with Gasteiger partial charge in [-0.2, -0.15) is 0 Å². The van der Waals surface area contributed by atoms with E-state index in [-0.39, 0.29) is 0 Å². The van der Waals surface area contributed by atoms with Gasteiger partial charge in [0, 0.05) is 15.7 Å². The molecule has 0 amide bonds. The molecule has 3 rings (SSSR count). The summed E-state index contributed by atoms with van der Waals surface area (Å²) in [4.78, 5) is 0. The van der Waals surface area contributed by atoms with Crippen molar-refractivity contribution in [3.63, 3.8) is 0 Å². The van der Waals surface area contributed by atoms with Crippen molar-refractivity contribution in [3.8, 4) is 0 Å². The minimum Gasteiger partial charge on any atom is -0.378 e. The number of nitrogens with one attached hydrogen (secondary N) is 1. The lowest BCUT2D eigenvalue weighted by atomic mass is 10.1. The highest BCUT2D eigenvalue weighted by atomic mass is 35.5. The second-order valence-corrected chi connectivity index (χ2v) is 5.91. The van der Waals surface area contributed by atoms with Crippen molar-refractivity contribution >= 4 is 28.9 Å². The van der Waals surface area contributed by atoms with E-state index in [0.717, 1.165) is 28.6 Å². The smallest absolute Gasteiger partial charge is 0.0519 e. The van der Waals surface area contributed by atoms with Crippen molar-refractivity contribution in [2.45, 2.75) is 25.8 Å². The van der Waals surface area contributed by atoms with Crippen LogP contribution < -0.4 is 5.32 Å². The first-order chi connectivity index (χ1) is 9.13. The lowest BCUT2D eigenvalue weighted by Crippen LogP contribution is -2.08. The summed E-state index contributed by atoms with van der Waals surface area (Å²) in [6.07, 6.45) is 2.18. The van der Waals surface area contributed by atoms with Gasteiger partial charge in [0.25, 0.3) is 0 Å². The normalized spacial score (nSPS) is 17.3. The van der Waals surface area contributed by atoms with Gasteiger partial charge in [0.1, 0.15) is 0 Å². The van der Waals surface area contributed by atoms with E-state index in [2.05, 4.69) is 24.4 Å². The van der Waals surface area contributed by atoms with Gasteiger partial charge in [-0.05, 0) is 60.7 Å². The van der Waals surface area contributed by atoms with Gasteiger partial charge in [-0.3, -0.25) is 0 Å². The Morgan fingerprint density at radius 1 is 1.05 bits per heavy atom. The molecule has 0 spiro atoms. The molecule has 0 radical (unpaired) electrons. The second-order valence-electron chi connectivity index (χ2n) is 5.04. The predicted octanol–water partition coefficient (Wildman–Crippen LogP) is 5.40. The van der Waals surface area contributed by atoms with Gasteiger partial charge < -0.3 is 5.32 Å². The summed E-state index contributed by atoms with van der Waals surface area (Å²) in [5.41, 5.74) is 5.03. The zero-order valence-electron chi connectivity index (χ0n) is 10.7. The van der Waals surface area contributed by atoms with Crippen molar-refractivity contribution < 1.29 is 0 Å². The number of hydrogen-bond acceptors (Lipinski definition) is 1. The van der Waals surface area contributed by atoms with Crippen LogP contribution in [0, 0.1) is 6.92 Å². The van der Waals surface area contributed by atoms with Crippen molar-refractivity contribution in [3.05, 3.63) is 63.1 Å². The molecule has 0 aliphatic heterocycles. The van der Waals surface area contributed by atoms with Crippen LogP contribution in [-0.2, 0) is 6.42 Å². The largest absolute Gasteiger partial charge is 0.378 e. The SMILES string of the molecule is Cc1ccc(Cl)cc1NC1CCc2cc(Cl)ccc21. The highest BCUT2D eigenvalue weighted by molar-refractivity contribution is 6.31. The molecule has 0 saturated carbocycles. The van der Waals surface area contributed by atoms with Crippen LogP contribution in [0.1, 0.15) is 29.2 Å². The summed E-state index contributed by atoms with van der Waals surface area (Å²) in [5.74, 6) is 0. The summed E-state index contributed by atoms with van der Waals surface area (Å²) in [6.45, 7) is 2.09. The molecule has 0 heterocycles. The van der Waals surface area contributed by atoms with Gasteiger partial charge in [0.05, 0.1) is 6.04 Å². The first-order valence-corrected chi connectivity index (χ1v) is 7.20. The molecule has 1 aliphatic rings. The average molecular weight is 292 g/mol. The Hall–Kier alpha value is -1.18. The van der Waals surface area contributed by atoms with Crippen LogP contribution in [0.25, 0.3) is 0 Å². The zero-order valence-corrected chi connectivity index (χ0v) is 12.2. The molecule has 1 N–H and O–H groups in total. The molecule has 0 fully saturated rings. The van der Waals surface area contributed by atoms with Gasteiger partial charge in [-0.15, -0.1) is 0 Å². The van der Waals surface area contributed by atoms with Crippen molar-refractivity contribution in [1.82, 2.24) is 0 Å². The minimum absolute atomic E-state index is 0.351. The molecule has 1 unspecified atom stereocenters. The Morgan fingerprint density at radius 2 is 1.79 bits per heavy atom. The number of rotatable bonds is 2. The highest BCUT2D eigenvalue weighted by Crippen LogP contribution is 2.36. The summed E-state index contributed by atoms with van der Waals surface area (Å²) >= 11 is 12.1. The van der Waals surface area contributed by atoms with Gasteiger partial charge in [-0.1, -0.05) is 35.3 Å². The van der Waals surface area contributed by atoms with E-state index >= 15 is 0 Å². The van der Waals surface area contributed by atoms with E-state index in [1.165, 1.54) is 16.7 Å². The fraction of sp³-hybridized carbons (Fsp3) is 0.250. The molecule has 0 bridgehead atoms. The van der Waals surface area contributed by atoms with E-state index in [9.17, 15) is 0 Å². The van der Waals surface area contributed by atoms with Gasteiger partial charge in [-0.25, -0.2) is 0 Å². The van der Waals surface area contributed by atoms with Crippen LogP contribution in [0.4, 0.5) is 5.69 Å². The molecule has 2 aromatic carbocycles. The van der Waals surface area contributed by atoms with Crippen LogP contribution >= 0.6 is 23.2 Å². The van der Waals surface area contributed by atoms with Crippen molar-refractivity contribution in [1.29, 1.82) is 0 Å². The molecule has 0 aromatic heterocycles. The third kappa shape index (κ3) is 2.58. The van der Waals surface area contributed by atoms with Crippen LogP contribution in [-0.4, -0.2) is 0 Å². The fourth-order valence-electron chi connectivity index (χ4n) is 2.67. The number of benzene rings is 2. The number of fused-ring (bicyclic) bond motifs is 1. The molecule has 1 atom stereocenters. The third-order valence-corrected chi connectivity index (χ3v) is 4.18. The number of halogens is 2. The second kappa shape index (κ2) is 5.07. The topological polar surface area (TPSA) is 12.0 Å². The fourth-order valence-corrected chi connectivity index (χ4v) is 3.04. The maximum absolute atomic E-state index is 6.07. The summed E-state index contributed by atoms with van der Waals surface area (Å²) < 4.78 is 0. The van der Waals surface area contributed by atoms with Gasteiger partial charge in [0.2, 0.25) is 0 Å². The molecule has 2 aromatic rings. The van der Waals surface area contributed by atoms with E-state index in [1.54, 1.807) is 0 Å². The zero-order chi connectivity index (χ0) is 13.4. The molecule has 19 heavy (non-hydrogen) atoms. The standard InChI is InChI=1S/C16H15Cl2N/c1-10-2-4-13(18)9-16(10)19-15-7-3-11-8-12(17)5-6-14(11)15/h2,4-6,8-9,15,19H,3,7H2,1H3. The Bertz CT molecular complexity index is 622. The highest BCUT2D eigenvalue weighted by Gasteiger charge is 2.22. The van der Waals surface area contributed by atoms with Crippen LogP contribution in [0.2, 0.25) is 10.0 Å². The Balaban J connectivity index is 1.88. The minimum atomic E-state index is 0.351. The molecular weight excluding hydrogens is 277 g/mol. The maximum atomic E-state index is 6.07. The molecular formula is C16H15Cl2N. The predicted molar refractivity (Wildman–Crippen MR) is 82.3 cm³/mol. The summed E-state index contributed by atoms with van der Waals surface area (Å²) in [7, 11) is 0. The number of aryl methyl sites for hydroxylation is 2. The van der Waals surface area contributed by atoms with E-state index < -0.39 is 0 Å². The van der Waals surface area contributed by atoms with Crippen molar-refractivity contribution in [2.24, 2.45) is 0 Å². The quantitative estimate of drug-likeness (QED) is 0.781. The van der Waals surface area contributed by atoms with E-state index in [0.29, 0.717) is 6.04 Å². The Morgan fingerprint density at radius 3 is 2.63 bits per heavy atom. The van der Waals surface area contributed by atoms with Crippen LogP contribution in [0.5, 0.6) is 0 Å². The summed E-state index contributed by atoms with van der Waals surface area (Å²) in [5, 5.41) is 5.18. The van der Waals surface area contributed by atoms with E-state index in [4.69, 9.17) is 23.2 Å². The number of hydrogen-bond donors (Lipinski definition) is 1. The van der Waals surface area contributed by atoms with Gasteiger partial charge >= 0.3 is 0 Å². The van der Waals surface area contributed by atoms with E-state index in [1.807, 2.05) is 24.3 Å².